The Morgan fingerprint density at radius 2 is 2.07 bits per heavy atom. The molecule has 138 valence electrons. The highest BCUT2D eigenvalue weighted by molar-refractivity contribution is 6.35. The van der Waals surface area contributed by atoms with E-state index < -0.39 is 5.97 Å². The van der Waals surface area contributed by atoms with Gasteiger partial charge in [-0.2, -0.15) is 5.10 Å². The van der Waals surface area contributed by atoms with E-state index in [0.717, 1.165) is 29.0 Å². The molecule has 0 N–H and O–H groups in total. The highest BCUT2D eigenvalue weighted by atomic mass is 35.5. The van der Waals surface area contributed by atoms with Gasteiger partial charge in [0.05, 0.1) is 29.6 Å². The minimum atomic E-state index is -0.480. The quantitative estimate of drug-likeness (QED) is 0.578. The SMILES string of the molecule is CCOC(=O)c1cc(-c2ccc3c(c2)CCO3)n(-c2ccc(Cl)cc2Cl)n1. The first-order valence-electron chi connectivity index (χ1n) is 8.55. The molecule has 0 aliphatic carbocycles. The van der Waals surface area contributed by atoms with Crippen LogP contribution in [0.5, 0.6) is 5.75 Å². The van der Waals surface area contributed by atoms with Crippen molar-refractivity contribution in [3.05, 3.63) is 63.8 Å². The number of hydrogen-bond acceptors (Lipinski definition) is 4. The lowest BCUT2D eigenvalue weighted by atomic mass is 10.1. The molecule has 7 heteroatoms. The fourth-order valence-electron chi connectivity index (χ4n) is 3.07. The summed E-state index contributed by atoms with van der Waals surface area (Å²) in [5.74, 6) is 0.409. The van der Waals surface area contributed by atoms with E-state index in [1.54, 1.807) is 35.9 Å². The number of fused-ring (bicyclic) bond motifs is 1. The Morgan fingerprint density at radius 3 is 2.85 bits per heavy atom. The zero-order valence-corrected chi connectivity index (χ0v) is 16.0. The van der Waals surface area contributed by atoms with Gasteiger partial charge in [-0.15, -0.1) is 0 Å². The predicted molar refractivity (Wildman–Crippen MR) is 104 cm³/mol. The maximum atomic E-state index is 12.2. The van der Waals surface area contributed by atoms with Gasteiger partial charge in [0.1, 0.15) is 5.75 Å². The van der Waals surface area contributed by atoms with Gasteiger partial charge in [0, 0.05) is 17.0 Å². The number of benzene rings is 2. The molecule has 0 spiro atoms. The first kappa shape index (κ1) is 17.9. The molecular weight excluding hydrogens is 387 g/mol. The lowest BCUT2D eigenvalue weighted by Gasteiger charge is -2.10. The standard InChI is InChI=1S/C20H16Cl2N2O3/c1-2-26-20(25)16-11-18(12-3-6-19-13(9-12)7-8-27-19)24(23-16)17-5-4-14(21)10-15(17)22/h3-6,9-11H,2,7-8H2,1H3. The van der Waals surface area contributed by atoms with Crippen molar-refractivity contribution in [1.82, 2.24) is 9.78 Å². The third kappa shape index (κ3) is 3.40. The van der Waals surface area contributed by atoms with Crippen molar-refractivity contribution in [1.29, 1.82) is 0 Å². The van der Waals surface area contributed by atoms with Gasteiger partial charge in [-0.1, -0.05) is 23.2 Å². The van der Waals surface area contributed by atoms with Crippen molar-refractivity contribution < 1.29 is 14.3 Å². The summed E-state index contributed by atoms with van der Waals surface area (Å²) in [7, 11) is 0. The summed E-state index contributed by atoms with van der Waals surface area (Å²) in [5, 5.41) is 5.41. The molecule has 1 aliphatic heterocycles. The van der Waals surface area contributed by atoms with Crippen LogP contribution in [0.25, 0.3) is 16.9 Å². The van der Waals surface area contributed by atoms with Crippen LogP contribution in [-0.2, 0) is 11.2 Å². The minimum absolute atomic E-state index is 0.217. The highest BCUT2D eigenvalue weighted by Gasteiger charge is 2.21. The summed E-state index contributed by atoms with van der Waals surface area (Å²) < 4.78 is 12.3. The lowest BCUT2D eigenvalue weighted by Crippen LogP contribution is -2.07. The summed E-state index contributed by atoms with van der Waals surface area (Å²) in [6.07, 6.45) is 0.851. The number of aromatic nitrogens is 2. The fourth-order valence-corrected chi connectivity index (χ4v) is 3.56. The van der Waals surface area contributed by atoms with Gasteiger partial charge in [0.15, 0.2) is 5.69 Å². The third-order valence-corrected chi connectivity index (χ3v) is 4.85. The van der Waals surface area contributed by atoms with E-state index in [4.69, 9.17) is 32.7 Å². The summed E-state index contributed by atoms with van der Waals surface area (Å²) in [6, 6.07) is 12.8. The molecule has 0 radical (unpaired) electrons. The Labute approximate surface area is 166 Å². The van der Waals surface area contributed by atoms with Crippen molar-refractivity contribution in [2.24, 2.45) is 0 Å². The number of esters is 1. The second-order valence-corrected chi connectivity index (χ2v) is 6.91. The Morgan fingerprint density at radius 1 is 1.22 bits per heavy atom. The molecule has 1 aromatic heterocycles. The number of carbonyl (C=O) groups is 1. The Bertz CT molecular complexity index is 1030. The Kier molecular flexibility index (Phi) is 4.81. The molecule has 4 rings (SSSR count). The number of hydrogen-bond donors (Lipinski definition) is 0. The lowest BCUT2D eigenvalue weighted by molar-refractivity contribution is 0.0519. The average molecular weight is 403 g/mol. The maximum absolute atomic E-state index is 12.2. The molecule has 0 bridgehead atoms. The molecule has 2 heterocycles. The van der Waals surface area contributed by atoms with E-state index in [1.807, 2.05) is 12.1 Å². The van der Waals surface area contributed by atoms with Crippen molar-refractivity contribution in [2.75, 3.05) is 13.2 Å². The number of nitrogens with zero attached hydrogens (tertiary/aromatic N) is 2. The fraction of sp³-hybridized carbons (Fsp3) is 0.200. The van der Waals surface area contributed by atoms with E-state index in [0.29, 0.717) is 22.3 Å². The Hall–Kier alpha value is -2.50. The normalized spacial score (nSPS) is 12.6. The van der Waals surface area contributed by atoms with Gasteiger partial charge in [-0.25, -0.2) is 9.48 Å². The Balaban J connectivity index is 1.87. The molecule has 3 aromatic rings. The van der Waals surface area contributed by atoms with Gasteiger partial charge in [0.25, 0.3) is 0 Å². The average Bonchev–Trinajstić information content (AvgIpc) is 3.28. The zero-order chi connectivity index (χ0) is 19.0. The van der Waals surface area contributed by atoms with Gasteiger partial charge < -0.3 is 9.47 Å². The van der Waals surface area contributed by atoms with Gasteiger partial charge in [0.2, 0.25) is 0 Å². The first-order chi connectivity index (χ1) is 13.1. The minimum Gasteiger partial charge on any atom is -0.493 e. The van der Waals surface area contributed by atoms with Gasteiger partial charge in [-0.3, -0.25) is 0 Å². The van der Waals surface area contributed by atoms with Gasteiger partial charge in [-0.05, 0) is 55.0 Å². The van der Waals surface area contributed by atoms with Crippen LogP contribution in [0.4, 0.5) is 0 Å². The second kappa shape index (κ2) is 7.25. The molecule has 2 aromatic carbocycles. The largest absolute Gasteiger partial charge is 0.493 e. The van der Waals surface area contributed by atoms with Crippen LogP contribution in [0.3, 0.4) is 0 Å². The van der Waals surface area contributed by atoms with Crippen LogP contribution in [0.15, 0.2) is 42.5 Å². The van der Waals surface area contributed by atoms with E-state index in [9.17, 15) is 4.79 Å². The molecule has 1 aliphatic rings. The van der Waals surface area contributed by atoms with Crippen molar-refractivity contribution in [3.63, 3.8) is 0 Å². The molecule has 0 unspecified atom stereocenters. The van der Waals surface area contributed by atoms with Crippen LogP contribution in [0, 0.1) is 0 Å². The number of halogens is 2. The van der Waals surface area contributed by atoms with Crippen LogP contribution in [0.1, 0.15) is 23.0 Å². The summed E-state index contributed by atoms with van der Waals surface area (Å²) in [4.78, 5) is 12.2. The van der Waals surface area contributed by atoms with E-state index >= 15 is 0 Å². The molecule has 0 atom stereocenters. The zero-order valence-electron chi connectivity index (χ0n) is 14.5. The second-order valence-electron chi connectivity index (χ2n) is 6.06. The van der Waals surface area contributed by atoms with E-state index in [-0.39, 0.29) is 12.3 Å². The molecule has 27 heavy (non-hydrogen) atoms. The predicted octanol–water partition coefficient (Wildman–Crippen LogP) is 4.96. The van der Waals surface area contributed by atoms with Crippen LogP contribution < -0.4 is 4.74 Å². The number of carbonyl (C=O) groups excluding carboxylic acids is 1. The maximum Gasteiger partial charge on any atom is 0.358 e. The molecule has 0 saturated heterocycles. The molecule has 0 fully saturated rings. The molecule has 0 saturated carbocycles. The van der Waals surface area contributed by atoms with Crippen molar-refractivity contribution in [2.45, 2.75) is 13.3 Å². The topological polar surface area (TPSA) is 53.4 Å². The van der Waals surface area contributed by atoms with Crippen LogP contribution >= 0.6 is 23.2 Å². The van der Waals surface area contributed by atoms with E-state index in [1.165, 1.54) is 0 Å². The number of rotatable bonds is 4. The summed E-state index contributed by atoms with van der Waals surface area (Å²) >= 11 is 12.4. The van der Waals surface area contributed by atoms with Gasteiger partial charge >= 0.3 is 5.97 Å². The van der Waals surface area contributed by atoms with E-state index in [2.05, 4.69) is 11.2 Å². The summed E-state index contributed by atoms with van der Waals surface area (Å²) in [6.45, 7) is 2.71. The molecular formula is C20H16Cl2N2O3. The van der Waals surface area contributed by atoms with Crippen LogP contribution in [0.2, 0.25) is 10.0 Å². The molecule has 5 nitrogen and oxygen atoms in total. The smallest absolute Gasteiger partial charge is 0.358 e. The van der Waals surface area contributed by atoms with Crippen molar-refractivity contribution in [3.8, 4) is 22.7 Å². The third-order valence-electron chi connectivity index (χ3n) is 4.32. The number of ether oxygens (including phenoxy) is 2. The molecule has 0 amide bonds. The summed E-state index contributed by atoms with van der Waals surface area (Å²) in [5.41, 5.74) is 3.61. The monoisotopic (exact) mass is 402 g/mol. The van der Waals surface area contributed by atoms with Crippen molar-refractivity contribution >= 4 is 29.2 Å². The highest BCUT2D eigenvalue weighted by Crippen LogP contribution is 2.34. The first-order valence-corrected chi connectivity index (χ1v) is 9.31. The van der Waals surface area contributed by atoms with Crippen LogP contribution in [-0.4, -0.2) is 29.0 Å².